The topological polar surface area (TPSA) is 55.6 Å². The zero-order valence-corrected chi connectivity index (χ0v) is 13.8. The summed E-state index contributed by atoms with van der Waals surface area (Å²) in [5.74, 6) is 0.939. The number of aromatic amines is 1. The molecular weight excluding hydrogens is 304 g/mol. The summed E-state index contributed by atoms with van der Waals surface area (Å²) in [6.45, 7) is 4.54. The Morgan fingerprint density at radius 1 is 1.43 bits per heavy atom. The molecule has 0 aliphatic heterocycles. The van der Waals surface area contributed by atoms with Gasteiger partial charge in [-0.2, -0.15) is 0 Å². The Hall–Kier alpha value is -1.73. The van der Waals surface area contributed by atoms with Crippen LogP contribution in [0.5, 0.6) is 0 Å². The van der Waals surface area contributed by atoms with Gasteiger partial charge in [0, 0.05) is 37.3 Å². The molecule has 110 valence electrons. The van der Waals surface area contributed by atoms with Crippen molar-refractivity contribution in [2.45, 2.75) is 26.8 Å². The van der Waals surface area contributed by atoms with Gasteiger partial charge in [-0.15, -0.1) is 11.3 Å². The highest BCUT2D eigenvalue weighted by molar-refractivity contribution is 7.71. The van der Waals surface area contributed by atoms with Crippen LogP contribution in [0.25, 0.3) is 10.2 Å². The fourth-order valence-corrected chi connectivity index (χ4v) is 3.81. The summed E-state index contributed by atoms with van der Waals surface area (Å²) < 4.78 is 4.06. The summed E-state index contributed by atoms with van der Waals surface area (Å²) in [6.07, 6.45) is 4.33. The second-order valence-corrected chi connectivity index (χ2v) is 6.69. The van der Waals surface area contributed by atoms with Gasteiger partial charge in [0.1, 0.15) is 10.7 Å². The molecule has 0 radical (unpaired) electrons. The monoisotopic (exact) mass is 320 g/mol. The standard InChI is InChI=1S/C14H16N4OS2/c1-8-9(2)21-12-11(8)13(19)18(14(20)16-12)6-4-10-15-5-7-17(10)3/h5,7H,4,6H2,1-3H3,(H,16,20). The molecule has 0 bridgehead atoms. The number of aromatic nitrogens is 4. The van der Waals surface area contributed by atoms with E-state index in [-0.39, 0.29) is 5.56 Å². The quantitative estimate of drug-likeness (QED) is 0.755. The molecule has 3 heterocycles. The van der Waals surface area contributed by atoms with E-state index in [4.69, 9.17) is 12.2 Å². The molecule has 3 rings (SSSR count). The molecule has 1 N–H and O–H groups in total. The van der Waals surface area contributed by atoms with Crippen molar-refractivity contribution in [2.24, 2.45) is 7.05 Å². The highest BCUT2D eigenvalue weighted by atomic mass is 32.1. The Bertz CT molecular complexity index is 929. The first-order valence-electron chi connectivity index (χ1n) is 6.68. The maximum absolute atomic E-state index is 12.7. The largest absolute Gasteiger partial charge is 0.338 e. The number of H-pyrrole nitrogens is 1. The Balaban J connectivity index is 2.06. The molecule has 0 aliphatic carbocycles. The lowest BCUT2D eigenvalue weighted by Crippen LogP contribution is -2.23. The fourth-order valence-electron chi connectivity index (χ4n) is 2.42. The molecule has 0 saturated carbocycles. The Labute approximate surface area is 130 Å². The third-order valence-corrected chi connectivity index (χ3v) is 5.24. The van der Waals surface area contributed by atoms with Crippen LogP contribution in [-0.2, 0) is 20.0 Å². The van der Waals surface area contributed by atoms with Crippen molar-refractivity contribution in [3.8, 4) is 0 Å². The van der Waals surface area contributed by atoms with Crippen molar-refractivity contribution in [3.63, 3.8) is 0 Å². The molecule has 0 aliphatic rings. The average Bonchev–Trinajstić information content (AvgIpc) is 2.94. The molecule has 7 heteroatoms. The van der Waals surface area contributed by atoms with Crippen LogP contribution in [0, 0.1) is 18.6 Å². The molecule has 3 aromatic heterocycles. The third-order valence-electron chi connectivity index (χ3n) is 3.79. The van der Waals surface area contributed by atoms with Crippen molar-refractivity contribution in [3.05, 3.63) is 43.8 Å². The first kappa shape index (κ1) is 14.2. The molecule has 21 heavy (non-hydrogen) atoms. The van der Waals surface area contributed by atoms with Gasteiger partial charge in [-0.1, -0.05) is 0 Å². The number of hydrogen-bond donors (Lipinski definition) is 1. The van der Waals surface area contributed by atoms with Crippen LogP contribution in [0.2, 0.25) is 0 Å². The zero-order valence-electron chi connectivity index (χ0n) is 12.1. The van der Waals surface area contributed by atoms with E-state index in [1.54, 1.807) is 22.1 Å². The van der Waals surface area contributed by atoms with E-state index >= 15 is 0 Å². The van der Waals surface area contributed by atoms with Gasteiger partial charge in [0.15, 0.2) is 4.77 Å². The molecule has 0 atom stereocenters. The SMILES string of the molecule is Cc1sc2[nH]c(=S)n(CCc3nccn3C)c(=O)c2c1C. The normalized spacial score (nSPS) is 11.4. The summed E-state index contributed by atoms with van der Waals surface area (Å²) in [4.78, 5) is 22.2. The number of fused-ring (bicyclic) bond motifs is 1. The van der Waals surface area contributed by atoms with E-state index in [0.717, 1.165) is 26.5 Å². The molecule has 0 amide bonds. The van der Waals surface area contributed by atoms with Gasteiger partial charge in [-0.25, -0.2) is 4.98 Å². The lowest BCUT2D eigenvalue weighted by molar-refractivity contribution is 0.620. The summed E-state index contributed by atoms with van der Waals surface area (Å²) >= 11 is 6.92. The van der Waals surface area contributed by atoms with Crippen molar-refractivity contribution in [1.29, 1.82) is 0 Å². The van der Waals surface area contributed by atoms with Crippen molar-refractivity contribution in [2.75, 3.05) is 0 Å². The van der Waals surface area contributed by atoms with Crippen molar-refractivity contribution in [1.82, 2.24) is 19.1 Å². The van der Waals surface area contributed by atoms with Gasteiger partial charge >= 0.3 is 0 Å². The first-order valence-corrected chi connectivity index (χ1v) is 7.90. The smallest absolute Gasteiger partial charge is 0.263 e. The summed E-state index contributed by atoms with van der Waals surface area (Å²) in [5.41, 5.74) is 1.03. The predicted molar refractivity (Wildman–Crippen MR) is 87.7 cm³/mol. The van der Waals surface area contributed by atoms with E-state index in [2.05, 4.69) is 9.97 Å². The Kier molecular flexibility index (Phi) is 3.54. The average molecular weight is 320 g/mol. The molecule has 0 aromatic carbocycles. The molecule has 0 spiro atoms. The third kappa shape index (κ3) is 2.36. The van der Waals surface area contributed by atoms with E-state index < -0.39 is 0 Å². The van der Waals surface area contributed by atoms with Crippen LogP contribution >= 0.6 is 23.6 Å². The molecule has 0 fully saturated rings. The second-order valence-electron chi connectivity index (χ2n) is 5.08. The lowest BCUT2D eigenvalue weighted by atomic mass is 10.2. The summed E-state index contributed by atoms with van der Waals surface area (Å²) in [6, 6.07) is 0. The van der Waals surface area contributed by atoms with Gasteiger partial charge in [-0.3, -0.25) is 9.36 Å². The van der Waals surface area contributed by atoms with E-state index in [1.807, 2.05) is 31.7 Å². The number of thiophene rings is 1. The molecular formula is C14H16N4OS2. The highest BCUT2D eigenvalue weighted by Crippen LogP contribution is 2.25. The molecule has 5 nitrogen and oxygen atoms in total. The van der Waals surface area contributed by atoms with Crippen LogP contribution in [0.1, 0.15) is 16.3 Å². The minimum Gasteiger partial charge on any atom is -0.338 e. The Morgan fingerprint density at radius 3 is 2.86 bits per heavy atom. The van der Waals surface area contributed by atoms with Crippen LogP contribution < -0.4 is 5.56 Å². The zero-order chi connectivity index (χ0) is 15.1. The minimum absolute atomic E-state index is 0.00944. The van der Waals surface area contributed by atoms with Gasteiger partial charge in [-0.05, 0) is 31.6 Å². The van der Waals surface area contributed by atoms with Crippen LogP contribution in [0.3, 0.4) is 0 Å². The van der Waals surface area contributed by atoms with Crippen LogP contribution in [-0.4, -0.2) is 19.1 Å². The van der Waals surface area contributed by atoms with Crippen LogP contribution in [0.15, 0.2) is 17.2 Å². The number of aryl methyl sites for hydroxylation is 4. The number of nitrogens with zero attached hydrogens (tertiary/aromatic N) is 3. The van der Waals surface area contributed by atoms with Crippen LogP contribution in [0.4, 0.5) is 0 Å². The fraction of sp³-hybridized carbons (Fsp3) is 0.357. The second kappa shape index (κ2) is 5.23. The van der Waals surface area contributed by atoms with Crippen molar-refractivity contribution >= 4 is 33.8 Å². The maximum Gasteiger partial charge on any atom is 0.263 e. The van der Waals surface area contributed by atoms with E-state index in [0.29, 0.717) is 17.7 Å². The number of imidazole rings is 1. The predicted octanol–water partition coefficient (Wildman–Crippen LogP) is 2.71. The highest BCUT2D eigenvalue weighted by Gasteiger charge is 2.13. The molecule has 0 saturated heterocycles. The maximum atomic E-state index is 12.7. The van der Waals surface area contributed by atoms with Gasteiger partial charge in [0.2, 0.25) is 0 Å². The lowest BCUT2D eigenvalue weighted by Gasteiger charge is -2.07. The first-order chi connectivity index (χ1) is 9.99. The number of nitrogens with one attached hydrogen (secondary N) is 1. The van der Waals surface area contributed by atoms with Gasteiger partial charge < -0.3 is 9.55 Å². The number of hydrogen-bond acceptors (Lipinski definition) is 4. The van der Waals surface area contributed by atoms with Crippen molar-refractivity contribution < 1.29 is 0 Å². The number of rotatable bonds is 3. The summed E-state index contributed by atoms with van der Waals surface area (Å²) in [7, 11) is 1.95. The minimum atomic E-state index is -0.00944. The Morgan fingerprint density at radius 2 is 2.19 bits per heavy atom. The van der Waals surface area contributed by atoms with E-state index in [1.165, 1.54) is 0 Å². The summed E-state index contributed by atoms with van der Waals surface area (Å²) in [5, 5.41) is 0.756. The molecule has 0 unspecified atom stereocenters. The molecule has 3 aromatic rings. The van der Waals surface area contributed by atoms with Gasteiger partial charge in [0.05, 0.1) is 5.39 Å². The van der Waals surface area contributed by atoms with Gasteiger partial charge in [0.25, 0.3) is 5.56 Å². The van der Waals surface area contributed by atoms with E-state index in [9.17, 15) is 4.79 Å².